The Morgan fingerprint density at radius 1 is 1.21 bits per heavy atom. The molecule has 2 rings (SSSR count). The quantitative estimate of drug-likeness (QED) is 0.777. The summed E-state index contributed by atoms with van der Waals surface area (Å²) in [4.78, 5) is 12.7. The van der Waals surface area contributed by atoms with Gasteiger partial charge >= 0.3 is 6.09 Å². The van der Waals surface area contributed by atoms with Crippen molar-refractivity contribution in [3.05, 3.63) is 29.8 Å². The minimum Gasteiger partial charge on any atom is -0.465 e. The molecule has 3 N–H and O–H groups in total. The van der Waals surface area contributed by atoms with Gasteiger partial charge in [-0.3, -0.25) is 0 Å². The van der Waals surface area contributed by atoms with Gasteiger partial charge in [0, 0.05) is 18.8 Å². The number of aliphatic hydroxyl groups excluding tert-OH is 1. The molecular weight excluding hydrogens is 244 g/mol. The minimum absolute atomic E-state index is 0.0123. The number of benzene rings is 1. The summed E-state index contributed by atoms with van der Waals surface area (Å²) in [5.74, 6) is 0. The molecule has 1 heterocycles. The van der Waals surface area contributed by atoms with Crippen molar-refractivity contribution < 1.29 is 15.0 Å². The SMILES string of the molecule is O=C(O)NC[C@H](O)c1ccc(N2CCCCC2)cc1. The number of amides is 1. The summed E-state index contributed by atoms with van der Waals surface area (Å²) < 4.78 is 0. The summed E-state index contributed by atoms with van der Waals surface area (Å²) in [6.07, 6.45) is 1.84. The van der Waals surface area contributed by atoms with E-state index in [1.165, 1.54) is 24.9 Å². The highest BCUT2D eigenvalue weighted by Crippen LogP contribution is 2.22. The lowest BCUT2D eigenvalue weighted by molar-refractivity contribution is 0.159. The van der Waals surface area contributed by atoms with Gasteiger partial charge in [-0.2, -0.15) is 0 Å². The van der Waals surface area contributed by atoms with Gasteiger partial charge in [0.25, 0.3) is 0 Å². The molecule has 0 radical (unpaired) electrons. The number of aliphatic hydroxyl groups is 1. The molecule has 1 aliphatic rings. The largest absolute Gasteiger partial charge is 0.465 e. The monoisotopic (exact) mass is 264 g/mol. The number of nitrogens with zero attached hydrogens (tertiary/aromatic N) is 1. The first-order chi connectivity index (χ1) is 9.16. The Labute approximate surface area is 112 Å². The highest BCUT2D eigenvalue weighted by Gasteiger charge is 2.12. The van der Waals surface area contributed by atoms with E-state index in [9.17, 15) is 9.90 Å². The molecule has 1 atom stereocenters. The molecule has 1 saturated heterocycles. The van der Waals surface area contributed by atoms with Crippen LogP contribution in [0.1, 0.15) is 30.9 Å². The average Bonchev–Trinajstić information content (AvgIpc) is 2.46. The Bertz CT molecular complexity index is 413. The Balaban J connectivity index is 1.95. The zero-order valence-corrected chi connectivity index (χ0v) is 10.9. The summed E-state index contributed by atoms with van der Waals surface area (Å²) in [6, 6.07) is 7.70. The van der Waals surface area contributed by atoms with E-state index in [1.54, 1.807) is 0 Å². The number of piperidine rings is 1. The molecule has 0 unspecified atom stereocenters. The Morgan fingerprint density at radius 3 is 2.42 bits per heavy atom. The molecule has 0 spiro atoms. The van der Waals surface area contributed by atoms with Gasteiger partial charge < -0.3 is 20.4 Å². The van der Waals surface area contributed by atoms with Crippen molar-refractivity contribution in [3.63, 3.8) is 0 Å². The first-order valence-corrected chi connectivity index (χ1v) is 6.66. The summed E-state index contributed by atoms with van der Waals surface area (Å²) in [7, 11) is 0. The van der Waals surface area contributed by atoms with Crippen LogP contribution in [0.5, 0.6) is 0 Å². The van der Waals surface area contributed by atoms with Crippen LogP contribution in [0.3, 0.4) is 0 Å². The summed E-state index contributed by atoms with van der Waals surface area (Å²) in [6.45, 7) is 2.18. The molecule has 0 saturated carbocycles. The number of hydrogen-bond acceptors (Lipinski definition) is 3. The number of nitrogens with one attached hydrogen (secondary N) is 1. The third-order valence-electron chi connectivity index (χ3n) is 3.45. The minimum atomic E-state index is -1.12. The molecule has 0 aliphatic carbocycles. The Hall–Kier alpha value is -1.75. The smallest absolute Gasteiger partial charge is 0.404 e. The molecule has 1 fully saturated rings. The van der Waals surface area contributed by atoms with Crippen molar-refractivity contribution >= 4 is 11.8 Å². The van der Waals surface area contributed by atoms with E-state index in [1.807, 2.05) is 24.3 Å². The van der Waals surface area contributed by atoms with Gasteiger partial charge in [-0.15, -0.1) is 0 Å². The van der Waals surface area contributed by atoms with Crippen LogP contribution in [0.4, 0.5) is 10.5 Å². The zero-order valence-electron chi connectivity index (χ0n) is 10.9. The predicted molar refractivity (Wildman–Crippen MR) is 73.5 cm³/mol. The lowest BCUT2D eigenvalue weighted by Gasteiger charge is -2.29. The van der Waals surface area contributed by atoms with Crippen LogP contribution in [-0.2, 0) is 0 Å². The normalized spacial score (nSPS) is 17.0. The Kier molecular flexibility index (Phi) is 4.63. The van der Waals surface area contributed by atoms with E-state index in [4.69, 9.17) is 5.11 Å². The van der Waals surface area contributed by atoms with Gasteiger partial charge in [0.1, 0.15) is 0 Å². The average molecular weight is 264 g/mol. The van der Waals surface area contributed by atoms with E-state index in [2.05, 4.69) is 10.2 Å². The van der Waals surface area contributed by atoms with Gasteiger partial charge in [-0.1, -0.05) is 12.1 Å². The molecule has 5 heteroatoms. The number of anilines is 1. The third-order valence-corrected chi connectivity index (χ3v) is 3.45. The highest BCUT2D eigenvalue weighted by molar-refractivity contribution is 5.64. The molecule has 0 bridgehead atoms. The maximum atomic E-state index is 10.4. The summed E-state index contributed by atoms with van der Waals surface area (Å²) >= 11 is 0. The van der Waals surface area contributed by atoms with Crippen LogP contribution in [0.25, 0.3) is 0 Å². The third kappa shape index (κ3) is 3.86. The van der Waals surface area contributed by atoms with Crippen LogP contribution in [-0.4, -0.2) is 35.9 Å². The summed E-state index contributed by atoms with van der Waals surface area (Å²) in [5, 5.41) is 20.5. The van der Waals surface area contributed by atoms with Gasteiger partial charge in [0.2, 0.25) is 0 Å². The first-order valence-electron chi connectivity index (χ1n) is 6.66. The number of hydrogen-bond donors (Lipinski definition) is 3. The highest BCUT2D eigenvalue weighted by atomic mass is 16.4. The van der Waals surface area contributed by atoms with Crippen LogP contribution < -0.4 is 10.2 Å². The van der Waals surface area contributed by atoms with E-state index < -0.39 is 12.2 Å². The Morgan fingerprint density at radius 2 is 1.84 bits per heavy atom. The molecule has 0 aromatic heterocycles. The maximum absolute atomic E-state index is 10.4. The molecular formula is C14H20N2O3. The fourth-order valence-corrected chi connectivity index (χ4v) is 2.36. The van der Waals surface area contributed by atoms with Gasteiger partial charge in [-0.05, 0) is 37.0 Å². The fraction of sp³-hybridized carbons (Fsp3) is 0.500. The lowest BCUT2D eigenvalue weighted by Crippen LogP contribution is -2.29. The van der Waals surface area contributed by atoms with Crippen molar-refractivity contribution in [3.8, 4) is 0 Å². The molecule has 1 aliphatic heterocycles. The second-order valence-electron chi connectivity index (χ2n) is 4.84. The van der Waals surface area contributed by atoms with E-state index in [-0.39, 0.29) is 6.54 Å². The predicted octanol–water partition coefficient (Wildman–Crippen LogP) is 1.98. The second kappa shape index (κ2) is 6.43. The number of rotatable bonds is 4. The van der Waals surface area contributed by atoms with Crippen molar-refractivity contribution in [2.24, 2.45) is 0 Å². The van der Waals surface area contributed by atoms with Crippen LogP contribution in [0.15, 0.2) is 24.3 Å². The number of carboxylic acid groups (broad SMARTS) is 1. The van der Waals surface area contributed by atoms with E-state index in [0.717, 1.165) is 18.7 Å². The molecule has 1 aromatic carbocycles. The topological polar surface area (TPSA) is 72.8 Å². The van der Waals surface area contributed by atoms with Crippen molar-refractivity contribution in [2.45, 2.75) is 25.4 Å². The zero-order chi connectivity index (χ0) is 13.7. The van der Waals surface area contributed by atoms with E-state index >= 15 is 0 Å². The molecule has 5 nitrogen and oxygen atoms in total. The molecule has 104 valence electrons. The van der Waals surface area contributed by atoms with Gasteiger partial charge in [-0.25, -0.2) is 4.79 Å². The van der Waals surface area contributed by atoms with Crippen LogP contribution in [0, 0.1) is 0 Å². The molecule has 19 heavy (non-hydrogen) atoms. The lowest BCUT2D eigenvalue weighted by atomic mass is 10.1. The number of carbonyl (C=O) groups is 1. The van der Waals surface area contributed by atoms with E-state index in [0.29, 0.717) is 0 Å². The van der Waals surface area contributed by atoms with Crippen molar-refractivity contribution in [2.75, 3.05) is 24.5 Å². The summed E-state index contributed by atoms with van der Waals surface area (Å²) in [5.41, 5.74) is 1.90. The van der Waals surface area contributed by atoms with Gasteiger partial charge in [0.05, 0.1) is 12.6 Å². The van der Waals surface area contributed by atoms with Crippen LogP contribution >= 0.6 is 0 Å². The fourth-order valence-electron chi connectivity index (χ4n) is 2.36. The second-order valence-corrected chi connectivity index (χ2v) is 4.84. The van der Waals surface area contributed by atoms with Crippen molar-refractivity contribution in [1.82, 2.24) is 5.32 Å². The van der Waals surface area contributed by atoms with Crippen molar-refractivity contribution in [1.29, 1.82) is 0 Å². The van der Waals surface area contributed by atoms with Gasteiger partial charge in [0.15, 0.2) is 0 Å². The van der Waals surface area contributed by atoms with Crippen LogP contribution in [0.2, 0.25) is 0 Å². The standard InChI is InChI=1S/C14H20N2O3/c17-13(10-15-14(18)19)11-4-6-12(7-5-11)16-8-2-1-3-9-16/h4-7,13,15,17H,1-3,8-10H2,(H,18,19)/t13-/m0/s1. The molecule has 1 aromatic rings. The maximum Gasteiger partial charge on any atom is 0.404 e. The first kappa shape index (κ1) is 13.7. The molecule has 1 amide bonds.